The first-order valence-electron chi connectivity index (χ1n) is 4.18. The van der Waals surface area contributed by atoms with Gasteiger partial charge in [0.25, 0.3) is 20.2 Å². The molecular formula is C6H10O10S2. The summed E-state index contributed by atoms with van der Waals surface area (Å²) in [5.74, 6) is -6.38. The number of carbonyl (C=O) groups is 2. The van der Waals surface area contributed by atoms with Gasteiger partial charge in [-0.05, 0) is 0 Å². The van der Waals surface area contributed by atoms with Crippen molar-refractivity contribution in [1.29, 1.82) is 0 Å². The molecule has 10 nitrogen and oxygen atoms in total. The Balaban J connectivity index is 5.79. The zero-order valence-electron chi connectivity index (χ0n) is 8.79. The van der Waals surface area contributed by atoms with Crippen molar-refractivity contribution < 1.29 is 45.7 Å². The van der Waals surface area contributed by atoms with Crippen LogP contribution in [0.1, 0.15) is 6.92 Å². The molecule has 0 aromatic carbocycles. The largest absolute Gasteiger partial charge is 0.480 e. The molecule has 0 aliphatic rings. The molecule has 0 heterocycles. The standard InChI is InChI=1S/C6H10O10S2/c1-2(3(5(7)8)17(11,12)13)4(6(9)10)18(14,15)16/h2-4H,1H3,(H,7,8)(H,9,10)(H,11,12,13)(H,14,15,16). The Morgan fingerprint density at radius 1 is 0.833 bits per heavy atom. The van der Waals surface area contributed by atoms with Crippen molar-refractivity contribution in [2.24, 2.45) is 5.92 Å². The molecule has 0 rings (SSSR count). The smallest absolute Gasteiger partial charge is 0.324 e. The third kappa shape index (κ3) is 3.90. The van der Waals surface area contributed by atoms with Gasteiger partial charge in [-0.1, -0.05) is 6.92 Å². The molecule has 18 heavy (non-hydrogen) atoms. The Hall–Kier alpha value is -1.24. The highest BCUT2D eigenvalue weighted by Crippen LogP contribution is 2.21. The Morgan fingerprint density at radius 2 is 1.06 bits per heavy atom. The van der Waals surface area contributed by atoms with Crippen molar-refractivity contribution >= 4 is 32.2 Å². The minimum absolute atomic E-state index is 0.652. The third-order valence-electron chi connectivity index (χ3n) is 2.08. The van der Waals surface area contributed by atoms with Gasteiger partial charge in [-0.15, -0.1) is 0 Å². The van der Waals surface area contributed by atoms with Crippen LogP contribution >= 0.6 is 0 Å². The number of rotatable bonds is 6. The van der Waals surface area contributed by atoms with Crippen molar-refractivity contribution in [3.05, 3.63) is 0 Å². The first-order chi connectivity index (χ1) is 7.80. The molecule has 2 atom stereocenters. The van der Waals surface area contributed by atoms with Gasteiger partial charge in [0.15, 0.2) is 10.5 Å². The van der Waals surface area contributed by atoms with Gasteiger partial charge < -0.3 is 10.2 Å². The highest BCUT2D eigenvalue weighted by Gasteiger charge is 2.48. The molecule has 12 heteroatoms. The van der Waals surface area contributed by atoms with Gasteiger partial charge in [-0.2, -0.15) is 16.8 Å². The molecule has 0 radical (unpaired) electrons. The van der Waals surface area contributed by atoms with E-state index in [0.717, 1.165) is 0 Å². The normalized spacial score (nSPS) is 17.7. The highest BCUT2D eigenvalue weighted by atomic mass is 32.2. The monoisotopic (exact) mass is 306 g/mol. The fourth-order valence-corrected chi connectivity index (χ4v) is 3.41. The Bertz CT molecular complexity index is 493. The van der Waals surface area contributed by atoms with E-state index in [9.17, 15) is 26.4 Å². The molecule has 0 saturated carbocycles. The minimum Gasteiger partial charge on any atom is -0.480 e. The first-order valence-corrected chi connectivity index (χ1v) is 7.19. The van der Waals surface area contributed by atoms with E-state index in [1.165, 1.54) is 0 Å². The van der Waals surface area contributed by atoms with Gasteiger partial charge in [-0.3, -0.25) is 18.7 Å². The second-order valence-electron chi connectivity index (χ2n) is 3.41. The molecule has 0 saturated heterocycles. The van der Waals surface area contributed by atoms with E-state index in [1.807, 2.05) is 0 Å². The van der Waals surface area contributed by atoms with Crippen LogP contribution < -0.4 is 0 Å². The maximum absolute atomic E-state index is 10.8. The van der Waals surface area contributed by atoms with Crippen LogP contribution in [0.2, 0.25) is 0 Å². The third-order valence-corrected chi connectivity index (χ3v) is 4.63. The van der Waals surface area contributed by atoms with E-state index in [4.69, 9.17) is 19.3 Å². The van der Waals surface area contributed by atoms with E-state index in [2.05, 4.69) is 0 Å². The van der Waals surface area contributed by atoms with Crippen molar-refractivity contribution in [2.45, 2.75) is 17.4 Å². The van der Waals surface area contributed by atoms with Crippen LogP contribution in [0.25, 0.3) is 0 Å². The van der Waals surface area contributed by atoms with Gasteiger partial charge >= 0.3 is 11.9 Å². The molecule has 106 valence electrons. The minimum atomic E-state index is -5.24. The van der Waals surface area contributed by atoms with E-state index < -0.39 is 48.6 Å². The Kier molecular flexibility index (Phi) is 4.82. The summed E-state index contributed by atoms with van der Waals surface area (Å²) in [6, 6.07) is 0. The quantitative estimate of drug-likeness (QED) is 0.412. The molecular weight excluding hydrogens is 296 g/mol. The summed E-state index contributed by atoms with van der Waals surface area (Å²) in [6.45, 7) is 0.652. The number of hydrogen-bond acceptors (Lipinski definition) is 6. The van der Waals surface area contributed by atoms with Crippen molar-refractivity contribution in [2.75, 3.05) is 0 Å². The summed E-state index contributed by atoms with van der Waals surface area (Å²) in [4.78, 5) is 21.3. The predicted molar refractivity (Wildman–Crippen MR) is 55.1 cm³/mol. The van der Waals surface area contributed by atoms with Crippen molar-refractivity contribution in [1.82, 2.24) is 0 Å². The highest BCUT2D eigenvalue weighted by molar-refractivity contribution is 7.88. The summed E-state index contributed by atoms with van der Waals surface area (Å²) in [7, 11) is -10.5. The SMILES string of the molecule is CC(C(C(=O)O)S(=O)(=O)O)C(C(=O)O)S(=O)(=O)O. The van der Waals surface area contributed by atoms with Crippen LogP contribution in [-0.2, 0) is 29.8 Å². The van der Waals surface area contributed by atoms with E-state index >= 15 is 0 Å². The molecule has 0 aliphatic heterocycles. The van der Waals surface area contributed by atoms with Crippen LogP contribution in [0.4, 0.5) is 0 Å². The average Bonchev–Trinajstić information content (AvgIpc) is 1.93. The van der Waals surface area contributed by atoms with Gasteiger partial charge in [0.1, 0.15) is 0 Å². The zero-order chi connectivity index (χ0) is 14.9. The topological polar surface area (TPSA) is 183 Å². The zero-order valence-corrected chi connectivity index (χ0v) is 10.4. The summed E-state index contributed by atoms with van der Waals surface area (Å²) < 4.78 is 60.4. The lowest BCUT2D eigenvalue weighted by Gasteiger charge is -2.21. The number of carboxylic acids is 2. The molecule has 0 aliphatic carbocycles. The predicted octanol–water partition coefficient (Wildman–Crippen LogP) is -1.70. The van der Waals surface area contributed by atoms with Crippen LogP contribution in [0, 0.1) is 5.92 Å². The molecule has 0 aromatic rings. The number of hydrogen-bond donors (Lipinski definition) is 4. The summed E-state index contributed by atoms with van der Waals surface area (Å²) in [5.41, 5.74) is 0. The molecule has 0 bridgehead atoms. The van der Waals surface area contributed by atoms with Crippen molar-refractivity contribution in [3.8, 4) is 0 Å². The maximum atomic E-state index is 10.8. The van der Waals surface area contributed by atoms with E-state index in [0.29, 0.717) is 6.92 Å². The van der Waals surface area contributed by atoms with E-state index in [-0.39, 0.29) is 0 Å². The lowest BCUT2D eigenvalue weighted by atomic mass is 10.0. The van der Waals surface area contributed by atoms with E-state index in [1.54, 1.807) is 0 Å². The lowest BCUT2D eigenvalue weighted by molar-refractivity contribution is -0.139. The molecule has 0 spiro atoms. The Labute approximate surface area is 102 Å². The van der Waals surface area contributed by atoms with Crippen LogP contribution in [0.3, 0.4) is 0 Å². The summed E-state index contributed by atoms with van der Waals surface area (Å²) >= 11 is 0. The van der Waals surface area contributed by atoms with Gasteiger partial charge in [0.2, 0.25) is 0 Å². The molecule has 0 aromatic heterocycles. The Morgan fingerprint density at radius 3 is 1.17 bits per heavy atom. The van der Waals surface area contributed by atoms with Crippen LogP contribution in [-0.4, -0.2) is 58.6 Å². The average molecular weight is 306 g/mol. The maximum Gasteiger partial charge on any atom is 0.324 e. The van der Waals surface area contributed by atoms with Gasteiger partial charge in [0.05, 0.1) is 0 Å². The van der Waals surface area contributed by atoms with Crippen molar-refractivity contribution in [3.63, 3.8) is 0 Å². The number of carboxylic acid groups (broad SMARTS) is 2. The number of aliphatic carboxylic acids is 2. The lowest BCUT2D eigenvalue weighted by Crippen LogP contribution is -2.47. The van der Waals surface area contributed by atoms with Gasteiger partial charge in [-0.25, -0.2) is 0 Å². The fourth-order valence-electron chi connectivity index (χ4n) is 1.41. The fraction of sp³-hybridized carbons (Fsp3) is 0.667. The molecule has 0 amide bonds. The first kappa shape index (κ1) is 16.8. The molecule has 4 N–H and O–H groups in total. The van der Waals surface area contributed by atoms with Crippen LogP contribution in [0.15, 0.2) is 0 Å². The summed E-state index contributed by atoms with van der Waals surface area (Å²) in [5, 5.41) is 11.7. The second kappa shape index (κ2) is 5.17. The van der Waals surface area contributed by atoms with Gasteiger partial charge in [0, 0.05) is 5.92 Å². The molecule has 2 unspecified atom stereocenters. The van der Waals surface area contributed by atoms with Crippen LogP contribution in [0.5, 0.6) is 0 Å². The molecule has 0 fully saturated rings. The second-order valence-corrected chi connectivity index (χ2v) is 6.48. The summed E-state index contributed by atoms with van der Waals surface area (Å²) in [6.07, 6.45) is 0.